The number of nitrogens with zero attached hydrogens (tertiary/aromatic N) is 5. The van der Waals surface area contributed by atoms with Gasteiger partial charge in [-0.25, -0.2) is 24.9 Å². The van der Waals surface area contributed by atoms with Crippen LogP contribution in [0.4, 0.5) is 0 Å². The molecular formula is C60H45N5O. The Hall–Kier alpha value is -8.35. The van der Waals surface area contributed by atoms with E-state index in [1.54, 1.807) is 0 Å². The molecule has 0 radical (unpaired) electrons. The first-order valence-corrected chi connectivity index (χ1v) is 22.5. The molecule has 0 aliphatic carbocycles. The summed E-state index contributed by atoms with van der Waals surface area (Å²) < 4.78 is 6.55. The number of rotatable bonds is 10. The van der Waals surface area contributed by atoms with Crippen molar-refractivity contribution in [1.82, 2.24) is 24.9 Å². The Balaban J connectivity index is 1.03. The molecule has 0 amide bonds. The predicted molar refractivity (Wildman–Crippen MR) is 269 cm³/mol. The van der Waals surface area contributed by atoms with E-state index in [-0.39, 0.29) is 11.8 Å². The van der Waals surface area contributed by atoms with Gasteiger partial charge in [-0.2, -0.15) is 0 Å². The average molecular weight is 852 g/mol. The molecule has 2 unspecified atom stereocenters. The van der Waals surface area contributed by atoms with E-state index in [9.17, 15) is 0 Å². The lowest BCUT2D eigenvalue weighted by molar-refractivity contribution is 0.608. The van der Waals surface area contributed by atoms with Gasteiger partial charge in [0.25, 0.3) is 0 Å². The van der Waals surface area contributed by atoms with Crippen molar-refractivity contribution in [3.8, 4) is 79.1 Å². The van der Waals surface area contributed by atoms with Gasteiger partial charge in [0.2, 0.25) is 0 Å². The molecule has 0 saturated carbocycles. The molecule has 0 aliphatic rings. The second-order valence-corrected chi connectivity index (χ2v) is 17.0. The Morgan fingerprint density at radius 3 is 1.53 bits per heavy atom. The standard InChI is InChI=1S/C60H45N5O/c1-38-19-16-17-28-47(38)50-35-45(31-33-48(50)39(2)40(3)52-37-53(41-20-8-4-9-21-41)62-57(61-52)42-22-10-5-11-23-42)46-32-34-54-51(36-46)56-49(29-18-30-55(56)66-54)60-64-58(43-24-12-6-13-25-43)63-59(65-60)44-26-14-7-15-27-44/h4-37,39-40H,1-3H3. The number of hydrogen-bond donors (Lipinski definition) is 0. The van der Waals surface area contributed by atoms with Gasteiger partial charge in [0.1, 0.15) is 11.2 Å². The highest BCUT2D eigenvalue weighted by molar-refractivity contribution is 6.12. The summed E-state index contributed by atoms with van der Waals surface area (Å²) in [5, 5.41) is 1.96. The average Bonchev–Trinajstić information content (AvgIpc) is 3.77. The van der Waals surface area contributed by atoms with E-state index in [0.29, 0.717) is 17.5 Å². The van der Waals surface area contributed by atoms with E-state index in [1.807, 2.05) is 97.1 Å². The van der Waals surface area contributed by atoms with E-state index >= 15 is 0 Å². The minimum Gasteiger partial charge on any atom is -0.456 e. The first kappa shape index (κ1) is 40.4. The maximum Gasteiger partial charge on any atom is 0.164 e. The van der Waals surface area contributed by atoms with Crippen molar-refractivity contribution in [2.45, 2.75) is 32.6 Å². The van der Waals surface area contributed by atoms with Crippen molar-refractivity contribution < 1.29 is 4.42 Å². The van der Waals surface area contributed by atoms with Crippen molar-refractivity contribution in [2.24, 2.45) is 0 Å². The van der Waals surface area contributed by atoms with E-state index < -0.39 is 0 Å². The molecule has 8 aromatic carbocycles. The normalized spacial score (nSPS) is 12.3. The molecule has 2 atom stereocenters. The molecule has 6 heteroatoms. The lowest BCUT2D eigenvalue weighted by Crippen LogP contribution is -2.10. The number of aromatic nitrogens is 5. The van der Waals surface area contributed by atoms with Crippen LogP contribution in [0.5, 0.6) is 0 Å². The van der Waals surface area contributed by atoms with E-state index in [4.69, 9.17) is 29.3 Å². The van der Waals surface area contributed by atoms with Crippen molar-refractivity contribution in [1.29, 1.82) is 0 Å². The second-order valence-electron chi connectivity index (χ2n) is 17.0. The summed E-state index contributed by atoms with van der Waals surface area (Å²) in [4.78, 5) is 25.5. The molecule has 11 aromatic rings. The molecule has 0 aliphatic heterocycles. The Kier molecular flexibility index (Phi) is 10.6. The van der Waals surface area contributed by atoms with Gasteiger partial charge in [-0.1, -0.05) is 190 Å². The summed E-state index contributed by atoms with van der Waals surface area (Å²) in [6.07, 6.45) is 0. The molecule has 0 bridgehead atoms. The fourth-order valence-electron chi connectivity index (χ4n) is 9.06. The van der Waals surface area contributed by atoms with Crippen LogP contribution in [0.3, 0.4) is 0 Å². The van der Waals surface area contributed by atoms with Crippen LogP contribution in [0.15, 0.2) is 211 Å². The highest BCUT2D eigenvalue weighted by atomic mass is 16.3. The minimum atomic E-state index is 0.0684. The van der Waals surface area contributed by atoms with Crippen molar-refractivity contribution in [2.75, 3.05) is 0 Å². The van der Waals surface area contributed by atoms with Crippen LogP contribution in [-0.2, 0) is 0 Å². The summed E-state index contributed by atoms with van der Waals surface area (Å²) >= 11 is 0. The molecule has 66 heavy (non-hydrogen) atoms. The number of furan rings is 1. The highest BCUT2D eigenvalue weighted by Crippen LogP contribution is 2.43. The molecule has 3 heterocycles. The third kappa shape index (κ3) is 7.73. The highest BCUT2D eigenvalue weighted by Gasteiger charge is 2.25. The lowest BCUT2D eigenvalue weighted by atomic mass is 9.80. The van der Waals surface area contributed by atoms with E-state index in [0.717, 1.165) is 78.1 Å². The summed E-state index contributed by atoms with van der Waals surface area (Å²) in [5.41, 5.74) is 15.4. The Bertz CT molecular complexity index is 3400. The van der Waals surface area contributed by atoms with E-state index in [1.165, 1.54) is 22.3 Å². The van der Waals surface area contributed by atoms with Gasteiger partial charge in [-0.3, -0.25) is 0 Å². The number of benzene rings is 8. The fourth-order valence-corrected chi connectivity index (χ4v) is 9.06. The van der Waals surface area contributed by atoms with Crippen LogP contribution in [-0.4, -0.2) is 24.9 Å². The molecule has 316 valence electrons. The number of hydrogen-bond acceptors (Lipinski definition) is 6. The maximum absolute atomic E-state index is 6.55. The third-order valence-electron chi connectivity index (χ3n) is 12.8. The van der Waals surface area contributed by atoms with E-state index in [2.05, 4.69) is 130 Å². The van der Waals surface area contributed by atoms with Crippen LogP contribution >= 0.6 is 0 Å². The fraction of sp³-hybridized carbons (Fsp3) is 0.0833. The maximum atomic E-state index is 6.55. The first-order valence-electron chi connectivity index (χ1n) is 22.5. The van der Waals surface area contributed by atoms with Gasteiger partial charge in [0.05, 0.1) is 5.69 Å². The SMILES string of the molecule is Cc1ccccc1-c1cc(-c2ccc3oc4cccc(-c5nc(-c6ccccc6)nc(-c6ccccc6)n5)c4c3c2)ccc1C(C)C(C)c1cc(-c2ccccc2)nc(-c2ccccc2)n1. The Morgan fingerprint density at radius 1 is 0.364 bits per heavy atom. The molecule has 0 saturated heterocycles. The van der Waals surface area contributed by atoms with Gasteiger partial charge >= 0.3 is 0 Å². The van der Waals surface area contributed by atoms with Crippen molar-refractivity contribution in [3.63, 3.8) is 0 Å². The smallest absolute Gasteiger partial charge is 0.164 e. The molecule has 0 spiro atoms. The van der Waals surface area contributed by atoms with Gasteiger partial charge in [-0.05, 0) is 76.6 Å². The van der Waals surface area contributed by atoms with Crippen molar-refractivity contribution >= 4 is 21.9 Å². The zero-order chi connectivity index (χ0) is 44.6. The third-order valence-corrected chi connectivity index (χ3v) is 12.8. The quantitative estimate of drug-likeness (QED) is 0.136. The molecule has 0 fully saturated rings. The zero-order valence-corrected chi connectivity index (χ0v) is 36.9. The van der Waals surface area contributed by atoms with Gasteiger partial charge in [0, 0.05) is 50.2 Å². The zero-order valence-electron chi connectivity index (χ0n) is 36.9. The molecule has 3 aromatic heterocycles. The largest absolute Gasteiger partial charge is 0.456 e. The summed E-state index contributed by atoms with van der Waals surface area (Å²) in [5.74, 6) is 2.73. The summed E-state index contributed by atoms with van der Waals surface area (Å²) in [6, 6.07) is 71.2. The van der Waals surface area contributed by atoms with Gasteiger partial charge in [-0.15, -0.1) is 0 Å². The van der Waals surface area contributed by atoms with Gasteiger partial charge < -0.3 is 4.42 Å². The lowest BCUT2D eigenvalue weighted by Gasteiger charge is -2.25. The Morgan fingerprint density at radius 2 is 0.894 bits per heavy atom. The van der Waals surface area contributed by atoms with Gasteiger partial charge in [0.15, 0.2) is 23.3 Å². The molecule has 0 N–H and O–H groups in total. The molecule has 6 nitrogen and oxygen atoms in total. The summed E-state index contributed by atoms with van der Waals surface area (Å²) in [7, 11) is 0. The topological polar surface area (TPSA) is 77.6 Å². The first-order chi connectivity index (χ1) is 32.4. The van der Waals surface area contributed by atoms with Crippen LogP contribution in [0, 0.1) is 6.92 Å². The number of aryl methyl sites for hydroxylation is 1. The number of fused-ring (bicyclic) bond motifs is 3. The van der Waals surface area contributed by atoms with Crippen LogP contribution in [0.2, 0.25) is 0 Å². The Labute approximate surface area is 384 Å². The second kappa shape index (κ2) is 17.3. The predicted octanol–water partition coefficient (Wildman–Crippen LogP) is 15.4. The van der Waals surface area contributed by atoms with Crippen molar-refractivity contribution in [3.05, 3.63) is 223 Å². The minimum absolute atomic E-state index is 0.0684. The van der Waals surface area contributed by atoms with Crippen LogP contribution < -0.4 is 0 Å². The molecular weight excluding hydrogens is 807 g/mol. The summed E-state index contributed by atoms with van der Waals surface area (Å²) in [6.45, 7) is 6.81. The monoisotopic (exact) mass is 851 g/mol. The molecule has 11 rings (SSSR count). The van der Waals surface area contributed by atoms with Crippen LogP contribution in [0.1, 0.15) is 42.5 Å². The van der Waals surface area contributed by atoms with Crippen LogP contribution in [0.25, 0.3) is 101 Å².